The van der Waals surface area contributed by atoms with Crippen molar-refractivity contribution in [2.45, 2.75) is 6.54 Å². The highest BCUT2D eigenvalue weighted by Gasteiger charge is 2.02. The third kappa shape index (κ3) is 1.84. The van der Waals surface area contributed by atoms with Gasteiger partial charge in [0.2, 0.25) is 0 Å². The summed E-state index contributed by atoms with van der Waals surface area (Å²) in [5, 5.41) is 9.72. The molecule has 0 aliphatic carbocycles. The van der Waals surface area contributed by atoms with Crippen LogP contribution in [0.25, 0.3) is 11.2 Å². The van der Waals surface area contributed by atoms with Crippen LogP contribution in [-0.2, 0) is 6.54 Å². The first-order chi connectivity index (χ1) is 8.84. The molecule has 18 heavy (non-hydrogen) atoms. The maximum Gasteiger partial charge on any atom is 0.193 e. The molecular weight excluding hydrogens is 230 g/mol. The van der Waals surface area contributed by atoms with Crippen LogP contribution in [0.1, 0.15) is 5.56 Å². The van der Waals surface area contributed by atoms with Crippen LogP contribution in [0.3, 0.4) is 0 Å². The van der Waals surface area contributed by atoms with Crippen molar-refractivity contribution in [3.8, 4) is 0 Å². The largest absolute Gasteiger partial charge is 0.425 e. The predicted octanol–water partition coefficient (Wildman–Crippen LogP) is 1.10. The number of benzene rings is 1. The van der Waals surface area contributed by atoms with E-state index in [1.54, 1.807) is 0 Å². The van der Waals surface area contributed by atoms with Crippen LogP contribution < -0.4 is 5.49 Å². The van der Waals surface area contributed by atoms with Gasteiger partial charge in [0, 0.05) is 0 Å². The van der Waals surface area contributed by atoms with Gasteiger partial charge in [0.15, 0.2) is 11.1 Å². The molecule has 0 aliphatic rings. The summed E-state index contributed by atoms with van der Waals surface area (Å²) in [6.07, 6.45) is 2.81. The Labute approximate surface area is 102 Å². The molecule has 0 amide bonds. The number of aromatic nitrogens is 4. The second-order valence-corrected chi connectivity index (χ2v) is 3.82. The third-order valence-electron chi connectivity index (χ3n) is 2.60. The molecule has 1 aromatic carbocycles. The minimum absolute atomic E-state index is 0.418. The molecule has 0 unspecified atom stereocenters. The molecule has 0 fully saturated rings. The zero-order valence-electron chi connectivity index (χ0n) is 9.48. The lowest BCUT2D eigenvalue weighted by atomic mass is 10.2. The molecule has 90 valence electrons. The van der Waals surface area contributed by atoms with Crippen molar-refractivity contribution in [2.24, 2.45) is 4.99 Å². The van der Waals surface area contributed by atoms with Crippen molar-refractivity contribution in [1.29, 1.82) is 0 Å². The van der Waals surface area contributed by atoms with Gasteiger partial charge in [-0.3, -0.25) is 4.99 Å². The smallest absolute Gasteiger partial charge is 0.193 e. The molecule has 0 aliphatic heterocycles. The molecular formula is C12H11N5O. The van der Waals surface area contributed by atoms with Gasteiger partial charge in [-0.2, -0.15) is 4.73 Å². The number of nitrogens with zero attached hydrogens (tertiary/aromatic N) is 4. The number of imidazole rings is 1. The summed E-state index contributed by atoms with van der Waals surface area (Å²) in [5.74, 6) is 0. The Morgan fingerprint density at radius 3 is 2.89 bits per heavy atom. The minimum atomic E-state index is 0.418. The van der Waals surface area contributed by atoms with Gasteiger partial charge in [-0.15, -0.1) is 0 Å². The van der Waals surface area contributed by atoms with E-state index < -0.39 is 0 Å². The fourth-order valence-corrected chi connectivity index (χ4v) is 1.73. The summed E-state index contributed by atoms with van der Waals surface area (Å²) in [4.78, 5) is 15.3. The number of fused-ring (bicyclic) bond motifs is 1. The number of rotatable bonds is 2. The number of H-pyrrole nitrogens is 1. The van der Waals surface area contributed by atoms with Crippen LogP contribution in [0.15, 0.2) is 48.0 Å². The van der Waals surface area contributed by atoms with Gasteiger partial charge in [0.25, 0.3) is 0 Å². The van der Waals surface area contributed by atoms with E-state index in [1.165, 1.54) is 12.7 Å². The molecule has 0 spiro atoms. The van der Waals surface area contributed by atoms with Crippen LogP contribution in [-0.4, -0.2) is 24.9 Å². The fourth-order valence-electron chi connectivity index (χ4n) is 1.73. The van der Waals surface area contributed by atoms with Gasteiger partial charge >= 0.3 is 0 Å². The zero-order valence-corrected chi connectivity index (χ0v) is 9.48. The third-order valence-corrected chi connectivity index (χ3v) is 2.60. The Bertz CT molecular complexity index is 729. The van der Waals surface area contributed by atoms with E-state index in [0.29, 0.717) is 23.2 Å². The maximum absolute atomic E-state index is 9.72. The molecule has 3 rings (SSSR count). The molecule has 0 saturated heterocycles. The highest BCUT2D eigenvalue weighted by Crippen LogP contribution is 2.01. The quantitative estimate of drug-likeness (QED) is 0.659. The molecule has 3 aromatic rings. The Balaban J connectivity index is 2.08. The van der Waals surface area contributed by atoms with E-state index >= 15 is 0 Å². The van der Waals surface area contributed by atoms with E-state index in [4.69, 9.17) is 0 Å². The van der Waals surface area contributed by atoms with Crippen molar-refractivity contribution in [1.82, 2.24) is 19.7 Å². The van der Waals surface area contributed by atoms with Gasteiger partial charge in [0.1, 0.15) is 11.8 Å². The molecule has 0 radical (unpaired) electrons. The van der Waals surface area contributed by atoms with E-state index in [0.717, 1.165) is 10.3 Å². The van der Waals surface area contributed by atoms with Crippen molar-refractivity contribution in [3.05, 3.63) is 54.0 Å². The Morgan fingerprint density at radius 1 is 1.22 bits per heavy atom. The molecule has 0 saturated carbocycles. The summed E-state index contributed by atoms with van der Waals surface area (Å²) < 4.78 is 0.892. The van der Waals surface area contributed by atoms with Gasteiger partial charge in [-0.25, -0.2) is 9.97 Å². The topological polar surface area (TPSA) is 79.1 Å². The first-order valence-electron chi connectivity index (χ1n) is 5.49. The Morgan fingerprint density at radius 2 is 2.06 bits per heavy atom. The summed E-state index contributed by atoms with van der Waals surface area (Å²) in [6.45, 7) is 0.486. The number of hydrogen-bond acceptors (Lipinski definition) is 4. The van der Waals surface area contributed by atoms with Crippen molar-refractivity contribution in [2.75, 3.05) is 0 Å². The van der Waals surface area contributed by atoms with Gasteiger partial charge in [-0.1, -0.05) is 30.3 Å². The molecule has 6 nitrogen and oxygen atoms in total. The molecule has 2 N–H and O–H groups in total. The van der Waals surface area contributed by atoms with Gasteiger partial charge < -0.3 is 10.2 Å². The highest BCUT2D eigenvalue weighted by atomic mass is 16.5. The standard InChI is InChI=1S/C12H11N5O/c18-17-8-16-11-10(14-7-15-11)12(17)13-6-9-4-2-1-3-5-9/h1-5,7-8,18H,6H2,(H,14,15). The average Bonchev–Trinajstić information content (AvgIpc) is 2.87. The first kappa shape index (κ1) is 10.5. The van der Waals surface area contributed by atoms with E-state index in [1.807, 2.05) is 30.3 Å². The van der Waals surface area contributed by atoms with E-state index in [9.17, 15) is 5.21 Å². The molecule has 0 bridgehead atoms. The van der Waals surface area contributed by atoms with Gasteiger partial charge in [0.05, 0.1) is 12.9 Å². The zero-order chi connectivity index (χ0) is 12.4. The van der Waals surface area contributed by atoms with Crippen LogP contribution >= 0.6 is 0 Å². The van der Waals surface area contributed by atoms with E-state index in [-0.39, 0.29) is 0 Å². The molecule has 6 heteroatoms. The highest BCUT2D eigenvalue weighted by molar-refractivity contribution is 5.67. The van der Waals surface area contributed by atoms with Crippen molar-refractivity contribution in [3.63, 3.8) is 0 Å². The SMILES string of the molecule is On1cnc2nc[nH]c2c1=NCc1ccccc1. The first-order valence-corrected chi connectivity index (χ1v) is 5.49. The number of nitrogens with one attached hydrogen (secondary N) is 1. The lowest BCUT2D eigenvalue weighted by Gasteiger charge is -1.99. The summed E-state index contributed by atoms with van der Waals surface area (Å²) in [7, 11) is 0. The van der Waals surface area contributed by atoms with Gasteiger partial charge in [-0.05, 0) is 5.56 Å². The van der Waals surface area contributed by atoms with Crippen LogP contribution in [0, 0.1) is 0 Å². The second-order valence-electron chi connectivity index (χ2n) is 3.82. The molecule has 2 aromatic heterocycles. The lowest BCUT2D eigenvalue weighted by Crippen LogP contribution is -2.20. The predicted molar refractivity (Wildman–Crippen MR) is 64.8 cm³/mol. The monoisotopic (exact) mass is 241 g/mol. The van der Waals surface area contributed by atoms with Crippen molar-refractivity contribution >= 4 is 11.2 Å². The van der Waals surface area contributed by atoms with E-state index in [2.05, 4.69) is 19.9 Å². The summed E-state index contributed by atoms with van der Waals surface area (Å²) >= 11 is 0. The summed E-state index contributed by atoms with van der Waals surface area (Å²) in [5.41, 5.74) is 2.64. The lowest BCUT2D eigenvalue weighted by molar-refractivity contribution is 0.169. The second kappa shape index (κ2) is 4.33. The minimum Gasteiger partial charge on any atom is -0.425 e. The number of hydrogen-bond donors (Lipinski definition) is 2. The normalized spacial score (nSPS) is 12.1. The van der Waals surface area contributed by atoms with Crippen molar-refractivity contribution < 1.29 is 5.21 Å². The average molecular weight is 241 g/mol. The van der Waals surface area contributed by atoms with Crippen LogP contribution in [0.5, 0.6) is 0 Å². The number of aromatic amines is 1. The molecule has 2 heterocycles. The van der Waals surface area contributed by atoms with Crippen LogP contribution in [0.2, 0.25) is 0 Å². The summed E-state index contributed by atoms with van der Waals surface area (Å²) in [6, 6.07) is 9.83. The molecule has 0 atom stereocenters. The fraction of sp³-hybridized carbons (Fsp3) is 0.0833. The Hall–Kier alpha value is -2.63. The Kier molecular flexibility index (Phi) is 2.53. The maximum atomic E-state index is 9.72. The van der Waals surface area contributed by atoms with Crippen LogP contribution in [0.4, 0.5) is 0 Å².